The highest BCUT2D eigenvalue weighted by atomic mass is 16.1. The molecule has 2 atom stereocenters. The molecule has 10 heteroatoms. The molecule has 276 valence electrons. The number of aromatic nitrogens is 4. The van der Waals surface area contributed by atoms with Crippen molar-refractivity contribution in [2.75, 3.05) is 34.4 Å². The van der Waals surface area contributed by atoms with Gasteiger partial charge in [-0.3, -0.25) is 9.59 Å². The quantitative estimate of drug-likeness (QED) is 0.171. The second kappa shape index (κ2) is 17.6. The fourth-order valence-corrected chi connectivity index (χ4v) is 7.61. The van der Waals surface area contributed by atoms with Crippen LogP contribution in [0, 0.1) is 27.7 Å². The van der Waals surface area contributed by atoms with E-state index in [1.165, 1.54) is 47.9 Å². The maximum Gasteiger partial charge on any atom is 0.222 e. The Balaban J connectivity index is 0.000000201. The molecule has 10 nitrogen and oxygen atoms in total. The molecule has 2 fully saturated rings. The minimum Gasteiger partial charge on any atom is -0.368 e. The van der Waals surface area contributed by atoms with E-state index in [1.807, 2.05) is 52.0 Å². The summed E-state index contributed by atoms with van der Waals surface area (Å²) in [5.74, 6) is 2.77. The van der Waals surface area contributed by atoms with Crippen molar-refractivity contribution >= 4 is 35.1 Å². The van der Waals surface area contributed by atoms with Crippen LogP contribution in [0.1, 0.15) is 144 Å². The van der Waals surface area contributed by atoms with Crippen molar-refractivity contribution in [3.05, 3.63) is 93.3 Å². The van der Waals surface area contributed by atoms with Gasteiger partial charge in [0.2, 0.25) is 11.9 Å². The molecule has 0 saturated carbocycles. The number of aryl methyl sites for hydroxylation is 4. The fourth-order valence-electron chi connectivity index (χ4n) is 7.61. The van der Waals surface area contributed by atoms with Crippen LogP contribution in [0.15, 0.2) is 48.5 Å². The Kier molecular flexibility index (Phi) is 13.0. The van der Waals surface area contributed by atoms with Crippen LogP contribution in [-0.2, 0) is 0 Å². The van der Waals surface area contributed by atoms with Crippen LogP contribution in [0.25, 0.3) is 0 Å². The third-order valence-corrected chi connectivity index (χ3v) is 10.4. The van der Waals surface area contributed by atoms with E-state index in [2.05, 4.69) is 67.8 Å². The lowest BCUT2D eigenvalue weighted by molar-refractivity contribution is 0.0980. The highest BCUT2D eigenvalue weighted by Crippen LogP contribution is 2.37. The van der Waals surface area contributed by atoms with Gasteiger partial charge in [0.15, 0.2) is 11.6 Å². The molecule has 2 aliphatic rings. The molecule has 52 heavy (non-hydrogen) atoms. The molecule has 4 heterocycles. The molecule has 0 aliphatic carbocycles. The standard InChI is InChI=1S/2C21H28N4O/c2*1-4-19(26)16-10-9-14(2)17(13-16)18-8-6-5-7-11-25(18)20-12-15(3)23-21(22)24-20/h2*9-10,12-13,18H,4-8,11H2,1-3H3,(H2,22,23,24)/t2*18-/m10/s1. The molecule has 0 amide bonds. The number of nitrogens with two attached hydrogens (primary N) is 2. The fraction of sp³-hybridized carbons (Fsp3) is 0.476. The van der Waals surface area contributed by atoms with Crippen LogP contribution < -0.4 is 21.3 Å². The van der Waals surface area contributed by atoms with Gasteiger partial charge in [-0.2, -0.15) is 9.97 Å². The largest absolute Gasteiger partial charge is 0.368 e. The van der Waals surface area contributed by atoms with Crippen molar-refractivity contribution in [1.29, 1.82) is 0 Å². The predicted molar refractivity (Wildman–Crippen MR) is 211 cm³/mol. The molecule has 2 saturated heterocycles. The Morgan fingerprint density at radius 3 is 1.37 bits per heavy atom. The first kappa shape index (κ1) is 38.4. The van der Waals surface area contributed by atoms with Crippen LogP contribution in [-0.4, -0.2) is 44.6 Å². The smallest absolute Gasteiger partial charge is 0.222 e. The van der Waals surface area contributed by atoms with Crippen LogP contribution >= 0.6 is 0 Å². The molecular weight excluding hydrogens is 649 g/mol. The van der Waals surface area contributed by atoms with Gasteiger partial charge in [0.25, 0.3) is 0 Å². The van der Waals surface area contributed by atoms with E-state index in [0.29, 0.717) is 24.7 Å². The van der Waals surface area contributed by atoms with Crippen LogP contribution in [0.4, 0.5) is 23.5 Å². The number of nitrogen functional groups attached to an aromatic ring is 2. The molecule has 6 rings (SSSR count). The van der Waals surface area contributed by atoms with Crippen molar-refractivity contribution in [2.24, 2.45) is 0 Å². The van der Waals surface area contributed by atoms with E-state index in [4.69, 9.17) is 11.5 Å². The molecular formula is C42H56N8O2. The number of hydrogen-bond donors (Lipinski definition) is 2. The van der Waals surface area contributed by atoms with Gasteiger partial charge in [-0.05, 0) is 87.8 Å². The molecule has 4 aromatic rings. The van der Waals surface area contributed by atoms with Gasteiger partial charge in [0, 0.05) is 60.6 Å². The molecule has 0 unspecified atom stereocenters. The number of carbonyl (C=O) groups excluding carboxylic acids is 2. The number of ketones is 2. The normalized spacial score (nSPS) is 17.8. The Morgan fingerprint density at radius 1 is 0.596 bits per heavy atom. The molecule has 0 spiro atoms. The monoisotopic (exact) mass is 704 g/mol. The summed E-state index contributed by atoms with van der Waals surface area (Å²) in [6, 6.07) is 16.6. The van der Waals surface area contributed by atoms with Gasteiger partial charge >= 0.3 is 0 Å². The summed E-state index contributed by atoms with van der Waals surface area (Å²) in [6.45, 7) is 13.8. The maximum atomic E-state index is 12.2. The van der Waals surface area contributed by atoms with Gasteiger partial charge < -0.3 is 21.3 Å². The summed E-state index contributed by atoms with van der Waals surface area (Å²) in [5, 5.41) is 0. The van der Waals surface area contributed by atoms with Crippen molar-refractivity contribution in [3.8, 4) is 0 Å². The topological polar surface area (TPSA) is 144 Å². The van der Waals surface area contributed by atoms with Crippen LogP contribution in [0.5, 0.6) is 0 Å². The third-order valence-electron chi connectivity index (χ3n) is 10.4. The number of hydrogen-bond acceptors (Lipinski definition) is 10. The van der Waals surface area contributed by atoms with Crippen molar-refractivity contribution in [3.63, 3.8) is 0 Å². The van der Waals surface area contributed by atoms with Crippen molar-refractivity contribution in [2.45, 2.75) is 118 Å². The molecule has 2 aromatic heterocycles. The van der Waals surface area contributed by atoms with Crippen molar-refractivity contribution < 1.29 is 9.59 Å². The first-order valence-electron chi connectivity index (χ1n) is 19.0. The molecule has 0 radical (unpaired) electrons. The first-order valence-corrected chi connectivity index (χ1v) is 19.0. The minimum absolute atomic E-state index is 0.188. The highest BCUT2D eigenvalue weighted by molar-refractivity contribution is 5.96. The average Bonchev–Trinajstić information content (AvgIpc) is 3.52. The summed E-state index contributed by atoms with van der Waals surface area (Å²) in [6.07, 6.45) is 10.2. The summed E-state index contributed by atoms with van der Waals surface area (Å²) in [5.41, 5.74) is 20.1. The number of rotatable bonds is 8. The van der Waals surface area contributed by atoms with E-state index in [0.717, 1.165) is 72.9 Å². The van der Waals surface area contributed by atoms with E-state index in [9.17, 15) is 9.59 Å². The number of anilines is 4. The molecule has 4 N–H and O–H groups in total. The van der Waals surface area contributed by atoms with E-state index < -0.39 is 0 Å². The van der Waals surface area contributed by atoms with Gasteiger partial charge in [-0.15, -0.1) is 0 Å². The Hall–Kier alpha value is -4.86. The summed E-state index contributed by atoms with van der Waals surface area (Å²) in [7, 11) is 0. The SMILES string of the molecule is CCC(=O)c1ccc(C)c([C@@H]2CCCCCN2c2cc(C)nc(N)n2)c1.CCC(=O)c1ccc(C)c([C@H]2CCCCCN2c2cc(C)nc(N)n2)c1. The lowest BCUT2D eigenvalue weighted by Gasteiger charge is -2.33. The number of benzene rings is 2. The molecule has 0 bridgehead atoms. The van der Waals surface area contributed by atoms with Gasteiger partial charge in [-0.1, -0.05) is 63.8 Å². The van der Waals surface area contributed by atoms with Gasteiger partial charge in [0.1, 0.15) is 11.6 Å². The second-order valence-corrected chi connectivity index (χ2v) is 14.3. The van der Waals surface area contributed by atoms with Gasteiger partial charge in [-0.25, -0.2) is 9.97 Å². The lowest BCUT2D eigenvalue weighted by Crippen LogP contribution is -2.30. The second-order valence-electron chi connectivity index (χ2n) is 14.3. The first-order chi connectivity index (χ1) is 25.0. The number of carbonyl (C=O) groups is 2. The summed E-state index contributed by atoms with van der Waals surface area (Å²) in [4.78, 5) is 46.6. The lowest BCUT2D eigenvalue weighted by atomic mass is 9.93. The number of nitrogens with zero attached hydrogens (tertiary/aromatic N) is 6. The zero-order valence-corrected chi connectivity index (χ0v) is 31.9. The zero-order valence-electron chi connectivity index (χ0n) is 31.9. The Bertz CT molecular complexity index is 1700. The highest BCUT2D eigenvalue weighted by Gasteiger charge is 2.28. The van der Waals surface area contributed by atoms with Crippen LogP contribution in [0.3, 0.4) is 0 Å². The van der Waals surface area contributed by atoms with Crippen molar-refractivity contribution in [1.82, 2.24) is 19.9 Å². The predicted octanol–water partition coefficient (Wildman–Crippen LogP) is 8.78. The summed E-state index contributed by atoms with van der Waals surface area (Å²) >= 11 is 0. The molecule has 2 aliphatic heterocycles. The summed E-state index contributed by atoms with van der Waals surface area (Å²) < 4.78 is 0. The minimum atomic E-state index is 0.188. The third kappa shape index (κ3) is 9.32. The van der Waals surface area contributed by atoms with Gasteiger partial charge in [0.05, 0.1) is 12.1 Å². The Morgan fingerprint density at radius 2 is 1.00 bits per heavy atom. The Labute approximate surface area is 309 Å². The van der Waals surface area contributed by atoms with E-state index in [-0.39, 0.29) is 23.7 Å². The van der Waals surface area contributed by atoms with Crippen LogP contribution in [0.2, 0.25) is 0 Å². The molecule has 2 aromatic carbocycles. The average molecular weight is 705 g/mol. The zero-order chi connectivity index (χ0) is 37.4. The number of Topliss-reactive ketones (excluding diaryl/α,β-unsaturated/α-hetero) is 2. The maximum absolute atomic E-state index is 12.2. The van der Waals surface area contributed by atoms with E-state index in [1.54, 1.807) is 0 Å². The van der Waals surface area contributed by atoms with E-state index >= 15 is 0 Å².